The van der Waals surface area contributed by atoms with Crippen LogP contribution in [0.3, 0.4) is 0 Å². The molecule has 0 heterocycles. The maximum Gasteiger partial charge on any atom is 0.295 e. The van der Waals surface area contributed by atoms with Gasteiger partial charge in [-0.1, -0.05) is 0 Å². The molecular weight excluding hydrogens is 112 g/mol. The van der Waals surface area contributed by atoms with Crippen LogP contribution in [-0.2, 0) is 9.53 Å². The molecule has 2 atom stereocenters. The summed E-state index contributed by atoms with van der Waals surface area (Å²) in [6, 6.07) is 0. The average Bonchev–Trinajstić information content (AvgIpc) is 1.67. The van der Waals surface area contributed by atoms with Crippen molar-refractivity contribution in [1.29, 1.82) is 0 Å². The lowest BCUT2D eigenvalue weighted by molar-refractivity contribution is -0.169. The second-order valence-corrected chi connectivity index (χ2v) is 1.36. The Bertz CT molecular complexity index is 70.4. The van der Waals surface area contributed by atoms with Crippen LogP contribution in [0.1, 0.15) is 6.92 Å². The number of aliphatic hydroxyl groups excluding tert-OH is 2. The average molecular weight is 120 g/mol. The van der Waals surface area contributed by atoms with Gasteiger partial charge in [-0.05, 0) is 6.92 Å². The second kappa shape index (κ2) is 3.40. The number of hydrogen-bond donors (Lipinski definition) is 2. The van der Waals surface area contributed by atoms with Gasteiger partial charge in [0.05, 0.1) is 0 Å². The lowest BCUT2D eigenvalue weighted by atomic mass is 10.4. The standard InChI is InChI=1S/C4H8O4/c1-3(6)4(7)8-2-5/h2-4,6-7H,1H3/t3-,4-/m0/s1. The zero-order valence-corrected chi connectivity index (χ0v) is 4.44. The fourth-order valence-corrected chi connectivity index (χ4v) is 0.171. The van der Waals surface area contributed by atoms with Crippen molar-refractivity contribution in [3.8, 4) is 0 Å². The van der Waals surface area contributed by atoms with E-state index in [4.69, 9.17) is 10.2 Å². The van der Waals surface area contributed by atoms with Crippen LogP contribution < -0.4 is 0 Å². The van der Waals surface area contributed by atoms with Crippen molar-refractivity contribution in [2.75, 3.05) is 0 Å². The lowest BCUT2D eigenvalue weighted by Gasteiger charge is -2.09. The highest BCUT2D eigenvalue weighted by Gasteiger charge is 2.09. The van der Waals surface area contributed by atoms with Crippen LogP contribution in [0.5, 0.6) is 0 Å². The van der Waals surface area contributed by atoms with Gasteiger partial charge in [-0.15, -0.1) is 0 Å². The largest absolute Gasteiger partial charge is 0.435 e. The van der Waals surface area contributed by atoms with Crippen LogP contribution in [-0.4, -0.2) is 29.1 Å². The molecule has 0 radical (unpaired) electrons. The molecule has 0 amide bonds. The molecule has 4 nitrogen and oxygen atoms in total. The smallest absolute Gasteiger partial charge is 0.295 e. The minimum Gasteiger partial charge on any atom is -0.435 e. The zero-order valence-electron chi connectivity index (χ0n) is 4.44. The van der Waals surface area contributed by atoms with E-state index in [1.54, 1.807) is 0 Å². The number of carbonyl (C=O) groups excluding carboxylic acids is 1. The highest BCUT2D eigenvalue weighted by molar-refractivity contribution is 5.37. The summed E-state index contributed by atoms with van der Waals surface area (Å²) < 4.78 is 3.93. The monoisotopic (exact) mass is 120 g/mol. The number of ether oxygens (including phenoxy) is 1. The molecule has 0 unspecified atom stereocenters. The summed E-state index contributed by atoms with van der Waals surface area (Å²) in [6.45, 7) is 1.39. The Morgan fingerprint density at radius 1 is 1.62 bits per heavy atom. The highest BCUT2D eigenvalue weighted by Crippen LogP contribution is 1.89. The van der Waals surface area contributed by atoms with Crippen LogP contribution in [0.2, 0.25) is 0 Å². The van der Waals surface area contributed by atoms with E-state index in [1.165, 1.54) is 6.92 Å². The highest BCUT2D eigenvalue weighted by atomic mass is 16.6. The van der Waals surface area contributed by atoms with Crippen molar-refractivity contribution >= 4 is 6.47 Å². The molecule has 0 aliphatic rings. The topological polar surface area (TPSA) is 66.8 Å². The third kappa shape index (κ3) is 2.54. The van der Waals surface area contributed by atoms with Gasteiger partial charge in [0.15, 0.2) is 0 Å². The molecule has 0 spiro atoms. The van der Waals surface area contributed by atoms with Crippen LogP contribution in [0, 0.1) is 0 Å². The molecule has 4 heteroatoms. The summed E-state index contributed by atoms with van der Waals surface area (Å²) in [5.41, 5.74) is 0. The first-order chi connectivity index (χ1) is 3.68. The molecule has 0 rings (SSSR count). The number of rotatable bonds is 3. The molecule has 0 bridgehead atoms. The van der Waals surface area contributed by atoms with Crippen LogP contribution in [0.15, 0.2) is 0 Å². The first kappa shape index (κ1) is 7.39. The Balaban J connectivity index is 3.30. The molecule has 0 aromatic heterocycles. The van der Waals surface area contributed by atoms with Crippen molar-refractivity contribution in [3.05, 3.63) is 0 Å². The number of carbonyl (C=O) groups is 1. The van der Waals surface area contributed by atoms with E-state index in [0.717, 1.165) is 0 Å². The maximum atomic E-state index is 9.43. The van der Waals surface area contributed by atoms with Crippen LogP contribution >= 0.6 is 0 Å². The molecule has 2 N–H and O–H groups in total. The third-order valence-electron chi connectivity index (χ3n) is 0.608. The van der Waals surface area contributed by atoms with Gasteiger partial charge in [-0.3, -0.25) is 4.79 Å². The van der Waals surface area contributed by atoms with Crippen molar-refractivity contribution in [1.82, 2.24) is 0 Å². The fraction of sp³-hybridized carbons (Fsp3) is 0.750. The predicted octanol–water partition coefficient (Wildman–Crippen LogP) is -1.14. The van der Waals surface area contributed by atoms with Crippen molar-refractivity contribution in [3.63, 3.8) is 0 Å². The summed E-state index contributed by atoms with van der Waals surface area (Å²) >= 11 is 0. The van der Waals surface area contributed by atoms with Crippen molar-refractivity contribution < 1.29 is 19.7 Å². The van der Waals surface area contributed by atoms with Crippen LogP contribution in [0.4, 0.5) is 0 Å². The van der Waals surface area contributed by atoms with Gasteiger partial charge in [0, 0.05) is 0 Å². The molecular formula is C4H8O4. The van der Waals surface area contributed by atoms with Crippen LogP contribution in [0.25, 0.3) is 0 Å². The second-order valence-electron chi connectivity index (χ2n) is 1.36. The van der Waals surface area contributed by atoms with E-state index in [9.17, 15) is 4.79 Å². The van der Waals surface area contributed by atoms with Gasteiger partial charge in [0.2, 0.25) is 6.29 Å². The van der Waals surface area contributed by atoms with E-state index in [-0.39, 0.29) is 6.47 Å². The fourth-order valence-electron chi connectivity index (χ4n) is 0.171. The summed E-state index contributed by atoms with van der Waals surface area (Å²) in [6.07, 6.45) is -2.42. The molecule has 0 aromatic carbocycles. The Morgan fingerprint density at radius 2 is 2.12 bits per heavy atom. The molecule has 0 saturated carbocycles. The van der Waals surface area contributed by atoms with Gasteiger partial charge in [0.1, 0.15) is 6.10 Å². The summed E-state index contributed by atoms with van der Waals surface area (Å²) in [5.74, 6) is 0. The lowest BCUT2D eigenvalue weighted by Crippen LogP contribution is -2.24. The number of hydrogen-bond acceptors (Lipinski definition) is 4. The Labute approximate surface area is 46.7 Å². The quantitative estimate of drug-likeness (QED) is 0.365. The predicted molar refractivity (Wildman–Crippen MR) is 24.8 cm³/mol. The van der Waals surface area contributed by atoms with Gasteiger partial charge in [-0.2, -0.15) is 0 Å². The third-order valence-corrected chi connectivity index (χ3v) is 0.608. The SMILES string of the molecule is C[C@H](O)[C@@H](O)OC=O. The first-order valence-electron chi connectivity index (χ1n) is 2.13. The molecule has 0 aliphatic carbocycles. The normalized spacial score (nSPS) is 16.9. The summed E-state index contributed by atoms with van der Waals surface area (Å²) in [7, 11) is 0. The van der Waals surface area contributed by atoms with Crippen molar-refractivity contribution in [2.45, 2.75) is 19.3 Å². The minimum absolute atomic E-state index is 0.0807. The summed E-state index contributed by atoms with van der Waals surface area (Å²) in [5, 5.41) is 16.8. The Kier molecular flexibility index (Phi) is 3.14. The Hall–Kier alpha value is -0.610. The first-order valence-corrected chi connectivity index (χ1v) is 2.13. The van der Waals surface area contributed by atoms with E-state index >= 15 is 0 Å². The molecule has 48 valence electrons. The van der Waals surface area contributed by atoms with Gasteiger partial charge in [-0.25, -0.2) is 0 Å². The maximum absolute atomic E-state index is 9.43. The zero-order chi connectivity index (χ0) is 6.57. The molecule has 0 fully saturated rings. The van der Waals surface area contributed by atoms with Gasteiger partial charge in [0.25, 0.3) is 6.47 Å². The van der Waals surface area contributed by atoms with Gasteiger partial charge < -0.3 is 14.9 Å². The van der Waals surface area contributed by atoms with E-state index < -0.39 is 12.4 Å². The molecule has 0 aromatic rings. The summed E-state index contributed by atoms with van der Waals surface area (Å²) in [4.78, 5) is 9.43. The van der Waals surface area contributed by atoms with E-state index in [2.05, 4.69) is 4.74 Å². The molecule has 0 saturated heterocycles. The number of aliphatic hydroxyl groups is 2. The Morgan fingerprint density at radius 3 is 2.25 bits per heavy atom. The van der Waals surface area contributed by atoms with Crippen molar-refractivity contribution in [2.24, 2.45) is 0 Å². The van der Waals surface area contributed by atoms with E-state index in [0.29, 0.717) is 0 Å². The molecule has 8 heavy (non-hydrogen) atoms. The van der Waals surface area contributed by atoms with E-state index in [1.807, 2.05) is 0 Å². The minimum atomic E-state index is -1.40. The molecule has 0 aliphatic heterocycles. The van der Waals surface area contributed by atoms with Gasteiger partial charge >= 0.3 is 0 Å².